The van der Waals surface area contributed by atoms with Gasteiger partial charge in [0.2, 0.25) is 0 Å². The van der Waals surface area contributed by atoms with Crippen molar-refractivity contribution in [1.29, 1.82) is 0 Å². The van der Waals surface area contributed by atoms with Gasteiger partial charge in [-0.25, -0.2) is 0 Å². The Morgan fingerprint density at radius 2 is 1.00 bits per heavy atom. The Balaban J connectivity index is 0.996. The van der Waals surface area contributed by atoms with Crippen LogP contribution in [0.25, 0.3) is 71.3 Å². The molecule has 0 N–H and O–H groups in total. The second kappa shape index (κ2) is 12.1. The summed E-state index contributed by atoms with van der Waals surface area (Å²) in [6, 6.07) is 71.4. The van der Waals surface area contributed by atoms with Gasteiger partial charge in [-0.1, -0.05) is 147 Å². The average Bonchev–Trinajstić information content (AvgIpc) is 3.68. The smallest absolute Gasteiger partial charge is 0.0547 e. The molecular weight excluding hydrogens is 665 g/mol. The van der Waals surface area contributed by atoms with Gasteiger partial charge in [0, 0.05) is 38.6 Å². The number of hydrogen-bond acceptors (Lipinski definition) is 1. The minimum atomic E-state index is -0.0879. The molecule has 0 atom stereocenters. The maximum atomic E-state index is 2.43. The minimum absolute atomic E-state index is 0.0879. The third-order valence-electron chi connectivity index (χ3n) is 12.0. The first kappa shape index (κ1) is 31.6. The third kappa shape index (κ3) is 4.88. The monoisotopic (exact) mass is 702 g/mol. The number of benzene rings is 9. The molecule has 9 aromatic carbocycles. The molecule has 1 aromatic heterocycles. The number of rotatable bonds is 5. The van der Waals surface area contributed by atoms with Gasteiger partial charge >= 0.3 is 0 Å². The number of anilines is 3. The summed E-state index contributed by atoms with van der Waals surface area (Å²) in [6.45, 7) is 4.71. The van der Waals surface area contributed by atoms with E-state index in [0.29, 0.717) is 0 Å². The lowest BCUT2D eigenvalue weighted by Gasteiger charge is -2.29. The fourth-order valence-electron chi connectivity index (χ4n) is 9.20. The minimum Gasteiger partial charge on any atom is -0.310 e. The number of fused-ring (bicyclic) bond motifs is 8. The van der Waals surface area contributed by atoms with Crippen molar-refractivity contribution in [3.05, 3.63) is 205 Å². The fourth-order valence-corrected chi connectivity index (χ4v) is 9.20. The van der Waals surface area contributed by atoms with Crippen LogP contribution < -0.4 is 4.90 Å². The number of nitrogens with zero attached hydrogens (tertiary/aromatic N) is 2. The van der Waals surface area contributed by atoms with Gasteiger partial charge in [0.15, 0.2) is 0 Å². The molecule has 0 saturated carbocycles. The standard InChI is InChI=1S/C53H38N2/c1-53(2)48-19-9-7-17-44(48)45-31-30-42(34-49(45)53)54(50-21-11-15-37-12-5-6-16-43(37)50)40-26-22-35(23-27-40)36-24-28-41(29-25-36)55-51-20-10-8-18-46(51)47-32-38-13-3-4-14-39(38)33-52(47)55/h3-34H,1-2H3. The molecule has 0 spiro atoms. The maximum absolute atomic E-state index is 2.43. The van der Waals surface area contributed by atoms with Crippen LogP contribution in [-0.2, 0) is 5.41 Å². The van der Waals surface area contributed by atoms with Crippen LogP contribution in [0.3, 0.4) is 0 Å². The SMILES string of the molecule is CC1(C)c2ccccc2-c2ccc(N(c3ccc(-c4ccc(-n5c6ccccc6c6cc7ccccc7cc65)cc4)cc3)c3cccc4ccccc34)cc21. The lowest BCUT2D eigenvalue weighted by atomic mass is 9.82. The Hall–Kier alpha value is -6.90. The van der Waals surface area contributed by atoms with Crippen molar-refractivity contribution < 1.29 is 0 Å². The van der Waals surface area contributed by atoms with Crippen LogP contribution in [-0.4, -0.2) is 4.57 Å². The summed E-state index contributed by atoms with van der Waals surface area (Å²) in [5.41, 5.74) is 14.8. The second-order valence-electron chi connectivity index (χ2n) is 15.4. The van der Waals surface area contributed by atoms with Gasteiger partial charge in [0.25, 0.3) is 0 Å². The summed E-state index contributed by atoms with van der Waals surface area (Å²) < 4.78 is 2.41. The van der Waals surface area contributed by atoms with Crippen LogP contribution in [0, 0.1) is 0 Å². The van der Waals surface area contributed by atoms with E-state index in [0.717, 1.165) is 17.1 Å². The van der Waals surface area contributed by atoms with E-state index < -0.39 is 0 Å². The van der Waals surface area contributed by atoms with Crippen molar-refractivity contribution in [1.82, 2.24) is 4.57 Å². The van der Waals surface area contributed by atoms with Gasteiger partial charge in [-0.3, -0.25) is 0 Å². The highest BCUT2D eigenvalue weighted by molar-refractivity contribution is 6.13. The lowest BCUT2D eigenvalue weighted by molar-refractivity contribution is 0.660. The zero-order valence-corrected chi connectivity index (χ0v) is 30.9. The summed E-state index contributed by atoms with van der Waals surface area (Å²) in [5.74, 6) is 0. The van der Waals surface area contributed by atoms with Crippen molar-refractivity contribution >= 4 is 60.4 Å². The molecule has 0 aliphatic heterocycles. The molecule has 0 fully saturated rings. The van der Waals surface area contributed by atoms with Crippen molar-refractivity contribution in [2.75, 3.05) is 4.90 Å². The lowest BCUT2D eigenvalue weighted by Crippen LogP contribution is -2.16. The van der Waals surface area contributed by atoms with E-state index in [-0.39, 0.29) is 5.41 Å². The molecule has 1 aliphatic carbocycles. The molecular formula is C53H38N2. The van der Waals surface area contributed by atoms with E-state index in [2.05, 4.69) is 217 Å². The Morgan fingerprint density at radius 1 is 0.400 bits per heavy atom. The first-order chi connectivity index (χ1) is 27.0. The third-order valence-corrected chi connectivity index (χ3v) is 12.0. The van der Waals surface area contributed by atoms with Gasteiger partial charge in [-0.2, -0.15) is 0 Å². The molecule has 55 heavy (non-hydrogen) atoms. The molecule has 1 heterocycles. The molecule has 0 saturated heterocycles. The zero-order valence-electron chi connectivity index (χ0n) is 30.9. The summed E-state index contributed by atoms with van der Waals surface area (Å²) in [6.07, 6.45) is 0. The summed E-state index contributed by atoms with van der Waals surface area (Å²) >= 11 is 0. The van der Waals surface area contributed by atoms with E-state index in [1.807, 2.05) is 0 Å². The maximum Gasteiger partial charge on any atom is 0.0547 e. The predicted octanol–water partition coefficient (Wildman–Crippen LogP) is 14.5. The normalized spacial score (nSPS) is 13.1. The van der Waals surface area contributed by atoms with Gasteiger partial charge in [0.1, 0.15) is 0 Å². The average molecular weight is 703 g/mol. The highest BCUT2D eigenvalue weighted by Crippen LogP contribution is 2.51. The topological polar surface area (TPSA) is 8.17 Å². The Morgan fingerprint density at radius 3 is 1.80 bits per heavy atom. The highest BCUT2D eigenvalue weighted by atomic mass is 15.1. The first-order valence-corrected chi connectivity index (χ1v) is 19.2. The highest BCUT2D eigenvalue weighted by Gasteiger charge is 2.35. The molecule has 1 aliphatic rings. The summed E-state index contributed by atoms with van der Waals surface area (Å²) in [7, 11) is 0. The molecule has 0 unspecified atom stereocenters. The van der Waals surface area contributed by atoms with Crippen LogP contribution in [0.2, 0.25) is 0 Å². The van der Waals surface area contributed by atoms with Crippen LogP contribution >= 0.6 is 0 Å². The van der Waals surface area contributed by atoms with Crippen LogP contribution in [0.5, 0.6) is 0 Å². The molecule has 11 rings (SSSR count). The van der Waals surface area contributed by atoms with Gasteiger partial charge in [0.05, 0.1) is 16.7 Å². The molecule has 2 heteroatoms. The van der Waals surface area contributed by atoms with E-state index in [1.165, 1.54) is 82.4 Å². The number of aromatic nitrogens is 1. The van der Waals surface area contributed by atoms with E-state index in [4.69, 9.17) is 0 Å². The molecule has 0 radical (unpaired) electrons. The van der Waals surface area contributed by atoms with Crippen molar-refractivity contribution in [3.63, 3.8) is 0 Å². The van der Waals surface area contributed by atoms with Gasteiger partial charge in [-0.05, 0) is 110 Å². The molecule has 2 nitrogen and oxygen atoms in total. The predicted molar refractivity (Wildman–Crippen MR) is 233 cm³/mol. The Bertz CT molecular complexity index is 3100. The zero-order chi connectivity index (χ0) is 36.7. The largest absolute Gasteiger partial charge is 0.310 e. The van der Waals surface area contributed by atoms with Gasteiger partial charge < -0.3 is 9.47 Å². The fraction of sp³-hybridized carbons (Fsp3) is 0.0566. The first-order valence-electron chi connectivity index (χ1n) is 19.2. The van der Waals surface area contributed by atoms with E-state index >= 15 is 0 Å². The van der Waals surface area contributed by atoms with Crippen LogP contribution in [0.4, 0.5) is 17.1 Å². The Kier molecular flexibility index (Phi) is 6.93. The number of hydrogen-bond donors (Lipinski definition) is 0. The van der Waals surface area contributed by atoms with Crippen molar-refractivity contribution in [2.24, 2.45) is 0 Å². The molecule has 260 valence electrons. The quantitative estimate of drug-likeness (QED) is 0.173. The van der Waals surface area contributed by atoms with E-state index in [1.54, 1.807) is 0 Å². The van der Waals surface area contributed by atoms with Gasteiger partial charge in [-0.15, -0.1) is 0 Å². The summed E-state index contributed by atoms with van der Waals surface area (Å²) in [4.78, 5) is 2.43. The van der Waals surface area contributed by atoms with Crippen LogP contribution in [0.1, 0.15) is 25.0 Å². The molecule has 0 amide bonds. The molecule has 0 bridgehead atoms. The van der Waals surface area contributed by atoms with Crippen molar-refractivity contribution in [2.45, 2.75) is 19.3 Å². The Labute approximate surface area is 321 Å². The second-order valence-corrected chi connectivity index (χ2v) is 15.4. The number of para-hydroxylation sites is 1. The van der Waals surface area contributed by atoms with E-state index in [9.17, 15) is 0 Å². The van der Waals surface area contributed by atoms with Crippen molar-refractivity contribution in [3.8, 4) is 27.9 Å². The summed E-state index contributed by atoms with van der Waals surface area (Å²) in [5, 5.41) is 7.53. The van der Waals surface area contributed by atoms with Crippen LogP contribution in [0.15, 0.2) is 194 Å². The molecule has 10 aromatic rings.